The average molecular weight is 1150 g/mol. The minimum absolute atomic E-state index is 0.0310. The molecule has 82 heavy (non-hydrogen) atoms. The van der Waals surface area contributed by atoms with Gasteiger partial charge in [-0.15, -0.1) is 0 Å². The summed E-state index contributed by atoms with van der Waals surface area (Å²) in [5.74, 6) is -5.54. The zero-order chi connectivity index (χ0) is 89.0. The monoisotopic (exact) mass is 1150 g/mol. The molecule has 0 spiro atoms. The molecule has 1 aliphatic carbocycles. The SMILES string of the molecule is [2H]c1c([2H])c([2H])c(-c2c([2H])c([2H])c([2H])[c]([Ge]([c]3ccccc3)([c]3ccccc3)[c]3c([2H])c([2H])c([2H])c(-c4nc(-c5c([2H])c([2H])c([2H])c([2H])c5-n5c6c([2H])c([2H])c([2H])c([2H])c6c6c([2H])c([2H])c([2H])c([2H])c65)nc(-n5c6c([2H])c([2H])c([2H])c([2H])c6c6c([2H])c(C7c8c([2H])c([2H])c([2H])c([2H])c8-c8c([2H])c([2H])c([2H])c([2H])c87)c([2H])c([2H])c65)n4)c3[2H])c2[2H])c([2H])c1[2H]. The van der Waals surface area contributed by atoms with Crippen LogP contribution in [0.3, 0.4) is 0 Å². The first-order chi connectivity index (χ1) is 57.3. The number of benzene rings is 12. The maximum atomic E-state index is 11.0. The fraction of sp³-hybridized carbons (Fsp3) is 0.0132. The average Bonchev–Trinajstić information content (AvgIpc) is 1.40. The number of hydrogen-bond donors (Lipinski definition) is 0. The van der Waals surface area contributed by atoms with Crippen LogP contribution in [0.25, 0.3) is 100 Å². The van der Waals surface area contributed by atoms with E-state index in [1.165, 1.54) is 60.7 Å². The zero-order valence-electron chi connectivity index (χ0n) is 81.6. The van der Waals surface area contributed by atoms with Gasteiger partial charge in [0.25, 0.3) is 0 Å². The van der Waals surface area contributed by atoms with Crippen LogP contribution in [0, 0.1) is 0 Å². The Balaban J connectivity index is 1.14. The first-order valence-electron chi connectivity index (χ1n) is 44.9. The Morgan fingerprint density at radius 3 is 1.44 bits per heavy atom. The summed E-state index contributed by atoms with van der Waals surface area (Å²) in [7, 11) is 0. The van der Waals surface area contributed by atoms with E-state index in [4.69, 9.17) is 30.0 Å². The fourth-order valence-corrected chi connectivity index (χ4v) is 19.6. The Morgan fingerprint density at radius 1 is 0.329 bits per heavy atom. The van der Waals surface area contributed by atoms with Crippen molar-refractivity contribution in [2.45, 2.75) is 5.92 Å². The fourth-order valence-electron chi connectivity index (χ4n) is 10.7. The van der Waals surface area contributed by atoms with Gasteiger partial charge < -0.3 is 0 Å². The van der Waals surface area contributed by atoms with Crippen molar-refractivity contribution in [1.82, 2.24) is 24.1 Å². The second kappa shape index (κ2) is 19.6. The first-order valence-corrected chi connectivity index (χ1v) is 29.1. The van der Waals surface area contributed by atoms with Gasteiger partial charge in [0.05, 0.1) is 19.2 Å². The summed E-state index contributed by atoms with van der Waals surface area (Å²) in [5, 5.41) is -2.82. The van der Waals surface area contributed by atoms with Gasteiger partial charge in [0.15, 0.2) is 0 Å². The zero-order valence-corrected chi connectivity index (χ0v) is 43.7. The molecule has 0 saturated heterocycles. The van der Waals surface area contributed by atoms with Crippen molar-refractivity contribution in [3.8, 4) is 56.7 Å². The van der Waals surface area contributed by atoms with Crippen LogP contribution in [-0.2, 0) is 0 Å². The summed E-state index contributed by atoms with van der Waals surface area (Å²) < 4.78 is 380. The molecule has 6 heteroatoms. The van der Waals surface area contributed by atoms with Gasteiger partial charge >= 0.3 is 433 Å². The third-order valence-corrected chi connectivity index (χ3v) is 23.3. The summed E-state index contributed by atoms with van der Waals surface area (Å²) in [5.41, 5.74) is -10.8. The maximum absolute atomic E-state index is 11.0. The molecule has 3 aromatic heterocycles. The summed E-state index contributed by atoms with van der Waals surface area (Å²) in [4.78, 5) is 14.4. The molecule has 1 aliphatic rings. The third-order valence-electron chi connectivity index (χ3n) is 14.1. The molecule has 3 heterocycles. The van der Waals surface area contributed by atoms with Crippen LogP contribution in [0.1, 0.15) is 77.4 Å². The van der Waals surface area contributed by atoms with E-state index in [-0.39, 0.29) is 8.79 Å². The van der Waals surface area contributed by atoms with Crippen LogP contribution in [0.2, 0.25) is 0 Å². The Morgan fingerprint density at radius 2 is 0.805 bits per heavy atom. The van der Waals surface area contributed by atoms with Crippen LogP contribution in [0.5, 0.6) is 0 Å². The van der Waals surface area contributed by atoms with Gasteiger partial charge in [0.2, 0.25) is 0 Å². The van der Waals surface area contributed by atoms with E-state index in [0.29, 0.717) is 9.13 Å². The molecule has 0 unspecified atom stereocenters. The van der Waals surface area contributed by atoms with Crippen LogP contribution in [0.4, 0.5) is 0 Å². The van der Waals surface area contributed by atoms with Gasteiger partial charge in [-0.1, -0.05) is 60.4 Å². The topological polar surface area (TPSA) is 48.5 Å². The molecular formula is C76H51GeN5. The van der Waals surface area contributed by atoms with Crippen LogP contribution in [-0.4, -0.2) is 37.4 Å². The van der Waals surface area contributed by atoms with E-state index in [1.54, 1.807) is 0 Å². The molecule has 0 amide bonds. The molecule has 5 nitrogen and oxygen atoms in total. The molecular weight excluding hydrogens is 1060 g/mol. The van der Waals surface area contributed by atoms with Crippen molar-refractivity contribution in [1.29, 1.82) is 0 Å². The molecule has 15 aromatic rings. The predicted octanol–water partition coefficient (Wildman–Crippen LogP) is 15.6. The van der Waals surface area contributed by atoms with Gasteiger partial charge in [-0.05, 0) is 22.3 Å². The molecule has 0 aliphatic heterocycles. The Labute approximate surface area is 534 Å². The number of fused-ring (bicyclic) bond motifs is 9. The molecule has 384 valence electrons. The van der Waals surface area contributed by atoms with Gasteiger partial charge in [-0.3, -0.25) is 0 Å². The summed E-state index contributed by atoms with van der Waals surface area (Å²) >= 11 is -6.39. The summed E-state index contributed by atoms with van der Waals surface area (Å²) in [6.07, 6.45) is 0. The van der Waals surface area contributed by atoms with Crippen molar-refractivity contribution in [2.24, 2.45) is 0 Å². The van der Waals surface area contributed by atoms with Crippen LogP contribution in [0.15, 0.2) is 302 Å². The summed E-state index contributed by atoms with van der Waals surface area (Å²) in [6, 6.07) is -25.7. The quantitative estimate of drug-likeness (QED) is 0.128. The van der Waals surface area contributed by atoms with E-state index in [1.807, 2.05) is 0 Å². The predicted molar refractivity (Wildman–Crippen MR) is 341 cm³/mol. The molecule has 0 radical (unpaired) electrons. The minimum atomic E-state index is -6.39. The van der Waals surface area contributed by atoms with E-state index < -0.39 is 387 Å². The van der Waals surface area contributed by atoms with E-state index in [9.17, 15) is 39.8 Å². The molecule has 16 rings (SSSR count). The Hall–Kier alpha value is -10.2. The van der Waals surface area contributed by atoms with Gasteiger partial charge in [-0.25, -0.2) is 0 Å². The van der Waals surface area contributed by atoms with Crippen molar-refractivity contribution in [2.75, 3.05) is 0 Å². The number of rotatable bonds is 10. The number of para-hydroxylation sites is 4. The Kier molecular flexibility index (Phi) is 5.34. The normalized spacial score (nSPS) is 19.2. The number of nitrogens with zero attached hydrogens (tertiary/aromatic N) is 5. The second-order valence-electron chi connectivity index (χ2n) is 18.4. The van der Waals surface area contributed by atoms with Crippen molar-refractivity contribution in [3.63, 3.8) is 0 Å². The van der Waals surface area contributed by atoms with E-state index in [0.717, 1.165) is 0 Å². The van der Waals surface area contributed by atoms with E-state index in [2.05, 4.69) is 0 Å². The molecule has 12 aromatic carbocycles. The molecule has 0 bridgehead atoms. The van der Waals surface area contributed by atoms with Gasteiger partial charge in [0, 0.05) is 0 Å². The van der Waals surface area contributed by atoms with Crippen LogP contribution < -0.4 is 17.6 Å². The summed E-state index contributed by atoms with van der Waals surface area (Å²) in [6.45, 7) is 0. The van der Waals surface area contributed by atoms with Crippen molar-refractivity contribution < 1.29 is 54.8 Å². The third kappa shape index (κ3) is 7.58. The van der Waals surface area contributed by atoms with Gasteiger partial charge in [-0.2, -0.15) is 0 Å². The number of aromatic nitrogens is 5. The number of hydrogen-bond acceptors (Lipinski definition) is 3. The molecule has 0 N–H and O–H groups in total. The Bertz CT molecular complexity index is 7180. The van der Waals surface area contributed by atoms with Crippen LogP contribution >= 0.6 is 0 Å². The molecule has 0 saturated carbocycles. The van der Waals surface area contributed by atoms with Gasteiger partial charge in [0.1, 0.15) is 0 Å². The second-order valence-corrected chi connectivity index (χ2v) is 26.0. The van der Waals surface area contributed by atoms with Crippen molar-refractivity contribution in [3.05, 3.63) is 319 Å². The molecule has 0 atom stereocenters. The standard InChI is InChI=1S/C76H51GeN5/c1-4-24-51(25-5-1)52-26-22-32-57(48-52)77(55-28-6-2-7-29-55,56-30-8-3-9-31-56)58-33-23-27-54(49-58)74-78-75(66-41-17-21-45-71(66)81-68-42-18-14-36-61(68)62-37-15-19-43-69(62)81)80-76(79-74)82-70-44-20-16-38-63(70)67-50-53(46-47-72(67)82)73-64-39-12-10-34-59(64)60-35-11-13-40-65(60)73/h1-50,73H/i1D,4D,5D,10D,11D,12D,13D,14D,15D,16D,17D,18D,19D,20D,21D,22D,23D,24D,25D,26D,27D,32D,33D,34D,35D,36D,37D,38D,39D,40D,41D,42D,43D,44D,45D,46D,47D,48D,49D,50D. The first kappa shape index (κ1) is 22.4. The van der Waals surface area contributed by atoms with Crippen molar-refractivity contribution >= 4 is 74.5 Å². The molecule has 0 fully saturated rings. The van der Waals surface area contributed by atoms with E-state index >= 15 is 0 Å².